The van der Waals surface area contributed by atoms with Gasteiger partial charge in [0.25, 0.3) is 0 Å². The Balaban J connectivity index is 2.46. The summed E-state index contributed by atoms with van der Waals surface area (Å²) in [4.78, 5) is 15.6. The number of unbranched alkanes of at least 4 members (excludes halogenated alkanes) is 7. The lowest BCUT2D eigenvalue weighted by molar-refractivity contribution is 0.111. The third-order valence-corrected chi connectivity index (χ3v) is 4.17. The lowest BCUT2D eigenvalue weighted by Gasteiger charge is -2.09. The van der Waals surface area contributed by atoms with E-state index in [1.165, 1.54) is 38.5 Å². The topological polar surface area (TPSA) is 34.9 Å². The number of carbonyl (C=O) groups excluding carboxylic acids is 1. The van der Waals surface area contributed by atoms with E-state index in [0.717, 1.165) is 44.3 Å². The average Bonchev–Trinajstić information content (AvgIpc) is 2.79. The molecule has 0 aliphatic heterocycles. The molecular formula is C17H29ClN2O. The first-order chi connectivity index (χ1) is 10.2. The van der Waals surface area contributed by atoms with Crippen LogP contribution in [0.2, 0.25) is 5.15 Å². The van der Waals surface area contributed by atoms with Crippen molar-refractivity contribution in [1.29, 1.82) is 0 Å². The van der Waals surface area contributed by atoms with Gasteiger partial charge in [0.1, 0.15) is 11.5 Å². The molecular weight excluding hydrogens is 284 g/mol. The number of hydrogen-bond acceptors (Lipinski definition) is 2. The summed E-state index contributed by atoms with van der Waals surface area (Å²) in [5, 5.41) is 0.360. The molecule has 21 heavy (non-hydrogen) atoms. The summed E-state index contributed by atoms with van der Waals surface area (Å²) in [6.07, 6.45) is 12.8. The molecule has 0 aliphatic rings. The summed E-state index contributed by atoms with van der Waals surface area (Å²) >= 11 is 6.06. The second-order valence-electron chi connectivity index (χ2n) is 5.70. The molecule has 1 aromatic heterocycles. The van der Waals surface area contributed by atoms with E-state index in [1.54, 1.807) is 0 Å². The van der Waals surface area contributed by atoms with Gasteiger partial charge in [0, 0.05) is 13.0 Å². The number of rotatable bonds is 12. The Morgan fingerprint density at radius 1 is 1.00 bits per heavy atom. The van der Waals surface area contributed by atoms with Gasteiger partial charge in [-0.1, -0.05) is 70.4 Å². The summed E-state index contributed by atoms with van der Waals surface area (Å²) in [5.41, 5.74) is 0.550. The molecule has 0 radical (unpaired) electrons. The van der Waals surface area contributed by atoms with Crippen molar-refractivity contribution in [3.63, 3.8) is 0 Å². The highest BCUT2D eigenvalue weighted by Crippen LogP contribution is 2.19. The van der Waals surface area contributed by atoms with E-state index in [2.05, 4.69) is 18.8 Å². The third kappa shape index (κ3) is 6.21. The molecule has 1 heterocycles. The van der Waals surface area contributed by atoms with E-state index in [0.29, 0.717) is 10.8 Å². The normalized spacial score (nSPS) is 11.0. The Kier molecular flexibility index (Phi) is 9.40. The van der Waals surface area contributed by atoms with E-state index < -0.39 is 0 Å². The van der Waals surface area contributed by atoms with Gasteiger partial charge in [-0.3, -0.25) is 4.79 Å². The predicted octanol–water partition coefficient (Wildman–Crippen LogP) is 5.44. The molecule has 0 fully saturated rings. The van der Waals surface area contributed by atoms with Crippen LogP contribution in [0.4, 0.5) is 0 Å². The van der Waals surface area contributed by atoms with Gasteiger partial charge in [-0.05, 0) is 12.8 Å². The number of aryl methyl sites for hydroxylation is 1. The minimum Gasteiger partial charge on any atom is -0.325 e. The molecule has 4 heteroatoms. The molecule has 0 aromatic carbocycles. The molecule has 0 amide bonds. The number of nitrogens with zero attached hydrogens (tertiary/aromatic N) is 2. The van der Waals surface area contributed by atoms with Crippen molar-refractivity contribution < 1.29 is 4.79 Å². The molecule has 1 aromatic rings. The van der Waals surface area contributed by atoms with Crippen LogP contribution in [0, 0.1) is 0 Å². The maximum Gasteiger partial charge on any atom is 0.169 e. The van der Waals surface area contributed by atoms with Crippen molar-refractivity contribution >= 4 is 17.9 Å². The minimum absolute atomic E-state index is 0.360. The third-order valence-electron chi connectivity index (χ3n) is 3.89. The maximum atomic E-state index is 11.2. The molecule has 0 saturated heterocycles. The number of aldehydes is 1. The Morgan fingerprint density at radius 2 is 1.62 bits per heavy atom. The fourth-order valence-corrected chi connectivity index (χ4v) is 2.84. The summed E-state index contributed by atoms with van der Waals surface area (Å²) in [5.74, 6) is 0.968. The molecule has 0 N–H and O–H groups in total. The van der Waals surface area contributed by atoms with E-state index >= 15 is 0 Å². The lowest BCUT2D eigenvalue weighted by Crippen LogP contribution is -2.07. The second-order valence-corrected chi connectivity index (χ2v) is 6.06. The first-order valence-corrected chi connectivity index (χ1v) is 8.82. The number of aromatic nitrogens is 2. The summed E-state index contributed by atoms with van der Waals surface area (Å²) in [7, 11) is 0. The van der Waals surface area contributed by atoms with Crippen LogP contribution in [-0.2, 0) is 13.0 Å². The van der Waals surface area contributed by atoms with Crippen molar-refractivity contribution in [1.82, 2.24) is 9.55 Å². The number of carbonyl (C=O) groups is 1. The lowest BCUT2D eigenvalue weighted by atomic mass is 10.1. The molecule has 0 spiro atoms. The van der Waals surface area contributed by atoms with Crippen molar-refractivity contribution in [2.45, 2.75) is 84.6 Å². The summed E-state index contributed by atoms with van der Waals surface area (Å²) in [6, 6.07) is 0. The number of imidazole rings is 1. The predicted molar refractivity (Wildman–Crippen MR) is 89.2 cm³/mol. The smallest absolute Gasteiger partial charge is 0.169 e. The zero-order valence-electron chi connectivity index (χ0n) is 13.5. The quantitative estimate of drug-likeness (QED) is 0.380. The Morgan fingerprint density at radius 3 is 2.24 bits per heavy atom. The van der Waals surface area contributed by atoms with Gasteiger partial charge in [-0.25, -0.2) is 4.98 Å². The summed E-state index contributed by atoms with van der Waals surface area (Å²) in [6.45, 7) is 5.26. The van der Waals surface area contributed by atoms with Crippen molar-refractivity contribution in [3.05, 3.63) is 16.7 Å². The fraction of sp³-hybridized carbons (Fsp3) is 0.765. The van der Waals surface area contributed by atoms with Gasteiger partial charge in [-0.2, -0.15) is 0 Å². The minimum atomic E-state index is 0.360. The van der Waals surface area contributed by atoms with Crippen LogP contribution in [0.5, 0.6) is 0 Å². The number of hydrogen-bond donors (Lipinski definition) is 0. The van der Waals surface area contributed by atoms with Crippen molar-refractivity contribution in [2.24, 2.45) is 0 Å². The van der Waals surface area contributed by atoms with Gasteiger partial charge >= 0.3 is 0 Å². The number of halogens is 1. The maximum absolute atomic E-state index is 11.2. The Hall–Kier alpha value is -0.830. The van der Waals surface area contributed by atoms with Crippen LogP contribution >= 0.6 is 11.6 Å². The van der Waals surface area contributed by atoms with Crippen LogP contribution in [0.3, 0.4) is 0 Å². The zero-order valence-corrected chi connectivity index (χ0v) is 14.3. The molecule has 0 atom stereocenters. The van der Waals surface area contributed by atoms with E-state index in [9.17, 15) is 4.79 Å². The van der Waals surface area contributed by atoms with Crippen LogP contribution < -0.4 is 0 Å². The Labute approximate surface area is 134 Å². The van der Waals surface area contributed by atoms with E-state index in [4.69, 9.17) is 11.6 Å². The second kappa shape index (κ2) is 10.8. The first kappa shape index (κ1) is 18.2. The SMILES string of the molecule is CCCCCCCCCn1c(CCCC)nc(Cl)c1C=O. The van der Waals surface area contributed by atoms with Crippen molar-refractivity contribution in [2.75, 3.05) is 0 Å². The molecule has 0 saturated carbocycles. The summed E-state index contributed by atoms with van der Waals surface area (Å²) < 4.78 is 2.02. The van der Waals surface area contributed by atoms with Crippen LogP contribution in [0.25, 0.3) is 0 Å². The highest BCUT2D eigenvalue weighted by atomic mass is 35.5. The Bertz CT molecular complexity index is 415. The van der Waals surface area contributed by atoms with E-state index in [1.807, 2.05) is 4.57 Å². The highest BCUT2D eigenvalue weighted by Gasteiger charge is 2.14. The largest absolute Gasteiger partial charge is 0.325 e. The zero-order chi connectivity index (χ0) is 15.5. The van der Waals surface area contributed by atoms with Crippen LogP contribution in [-0.4, -0.2) is 15.8 Å². The molecule has 0 unspecified atom stereocenters. The molecule has 0 bridgehead atoms. The fourth-order valence-electron chi connectivity index (χ4n) is 2.60. The standard InChI is InChI=1S/C17H29ClN2O/c1-3-5-7-8-9-10-11-13-20-15(14-21)17(18)19-16(20)12-6-4-2/h14H,3-13H2,1-2H3. The van der Waals surface area contributed by atoms with E-state index in [-0.39, 0.29) is 0 Å². The van der Waals surface area contributed by atoms with Crippen molar-refractivity contribution in [3.8, 4) is 0 Å². The van der Waals surface area contributed by atoms with Crippen LogP contribution in [0.1, 0.15) is 87.9 Å². The molecule has 3 nitrogen and oxygen atoms in total. The van der Waals surface area contributed by atoms with Crippen LogP contribution in [0.15, 0.2) is 0 Å². The first-order valence-electron chi connectivity index (χ1n) is 8.44. The molecule has 1 rings (SSSR count). The van der Waals surface area contributed by atoms with Gasteiger partial charge in [-0.15, -0.1) is 0 Å². The molecule has 0 aliphatic carbocycles. The van der Waals surface area contributed by atoms with Gasteiger partial charge in [0.2, 0.25) is 0 Å². The van der Waals surface area contributed by atoms with Gasteiger partial charge < -0.3 is 4.57 Å². The van der Waals surface area contributed by atoms with Gasteiger partial charge in [0.05, 0.1) is 0 Å². The molecule has 120 valence electrons. The van der Waals surface area contributed by atoms with Gasteiger partial charge in [0.15, 0.2) is 11.4 Å². The average molecular weight is 313 g/mol. The highest BCUT2D eigenvalue weighted by molar-refractivity contribution is 6.31. The monoisotopic (exact) mass is 312 g/mol.